The second kappa shape index (κ2) is 9.26. The topological polar surface area (TPSA) is 128 Å². The number of amides is 3. The van der Waals surface area contributed by atoms with Crippen molar-refractivity contribution < 1.29 is 24.0 Å². The fraction of sp³-hybridized carbons (Fsp3) is 0.211. The number of nitrogens with zero attached hydrogens (tertiary/aromatic N) is 1. The number of urea groups is 1. The van der Waals surface area contributed by atoms with Gasteiger partial charge in [0.05, 0.1) is 11.3 Å². The summed E-state index contributed by atoms with van der Waals surface area (Å²) in [6.07, 6.45) is -0.362. The fourth-order valence-electron chi connectivity index (χ4n) is 2.34. The Balaban J connectivity index is 1.81. The molecule has 9 nitrogen and oxygen atoms in total. The second-order valence-electron chi connectivity index (χ2n) is 6.02. The van der Waals surface area contributed by atoms with Crippen LogP contribution < -0.4 is 10.6 Å². The Morgan fingerprint density at radius 1 is 1.07 bits per heavy atom. The third kappa shape index (κ3) is 5.90. The highest BCUT2D eigenvalue weighted by atomic mass is 16.6. The number of nitro groups is 1. The van der Waals surface area contributed by atoms with Gasteiger partial charge in [-0.3, -0.25) is 25.0 Å². The number of hydrogen-bond acceptors (Lipinski definition) is 6. The highest BCUT2D eigenvalue weighted by molar-refractivity contribution is 6.01. The van der Waals surface area contributed by atoms with Crippen molar-refractivity contribution in [2.75, 3.05) is 11.9 Å². The minimum Gasteiger partial charge on any atom is -0.455 e. The molecule has 0 atom stereocenters. The van der Waals surface area contributed by atoms with Gasteiger partial charge in [0.1, 0.15) is 0 Å². The van der Waals surface area contributed by atoms with E-state index in [4.69, 9.17) is 4.74 Å². The molecule has 0 aliphatic heterocycles. The smallest absolute Gasteiger partial charge is 0.325 e. The summed E-state index contributed by atoms with van der Waals surface area (Å²) in [4.78, 5) is 45.7. The molecule has 0 aliphatic rings. The van der Waals surface area contributed by atoms with Gasteiger partial charge >= 0.3 is 12.0 Å². The fourth-order valence-corrected chi connectivity index (χ4v) is 2.34. The summed E-state index contributed by atoms with van der Waals surface area (Å²) in [5.41, 5.74) is 2.52. The van der Waals surface area contributed by atoms with Crippen LogP contribution in [-0.4, -0.2) is 29.4 Å². The third-order valence-electron chi connectivity index (χ3n) is 3.91. The van der Waals surface area contributed by atoms with E-state index in [2.05, 4.69) is 5.32 Å². The number of nitrogens with one attached hydrogen (secondary N) is 2. The van der Waals surface area contributed by atoms with E-state index in [0.29, 0.717) is 5.69 Å². The molecule has 146 valence electrons. The van der Waals surface area contributed by atoms with E-state index in [1.165, 1.54) is 18.2 Å². The van der Waals surface area contributed by atoms with Crippen molar-refractivity contribution in [3.63, 3.8) is 0 Å². The number of aryl methyl sites for hydroxylation is 2. The van der Waals surface area contributed by atoms with Gasteiger partial charge in [-0.05, 0) is 37.1 Å². The third-order valence-corrected chi connectivity index (χ3v) is 3.91. The lowest BCUT2D eigenvalue weighted by Gasteiger charge is -2.09. The van der Waals surface area contributed by atoms with Crippen molar-refractivity contribution in [2.24, 2.45) is 0 Å². The number of nitro benzene ring substituents is 1. The molecule has 0 radical (unpaired) electrons. The number of anilines is 1. The minimum absolute atomic E-state index is 0.172. The maximum absolute atomic E-state index is 11.8. The van der Waals surface area contributed by atoms with E-state index in [1.807, 2.05) is 25.2 Å². The molecule has 28 heavy (non-hydrogen) atoms. The Morgan fingerprint density at radius 2 is 1.79 bits per heavy atom. The van der Waals surface area contributed by atoms with E-state index < -0.39 is 29.4 Å². The van der Waals surface area contributed by atoms with E-state index in [0.717, 1.165) is 11.1 Å². The van der Waals surface area contributed by atoms with Gasteiger partial charge in [0.2, 0.25) is 0 Å². The van der Waals surface area contributed by atoms with E-state index in [-0.39, 0.29) is 17.7 Å². The van der Waals surface area contributed by atoms with E-state index >= 15 is 0 Å². The number of benzene rings is 2. The van der Waals surface area contributed by atoms with Gasteiger partial charge < -0.3 is 10.1 Å². The summed E-state index contributed by atoms with van der Waals surface area (Å²) in [5, 5.41) is 15.5. The monoisotopic (exact) mass is 385 g/mol. The first-order valence-electron chi connectivity index (χ1n) is 8.32. The lowest BCUT2D eigenvalue weighted by Crippen LogP contribution is -2.37. The Morgan fingerprint density at radius 3 is 2.46 bits per heavy atom. The first-order chi connectivity index (χ1) is 13.3. The van der Waals surface area contributed by atoms with Gasteiger partial charge in [-0.25, -0.2) is 4.79 Å². The SMILES string of the molecule is Cc1ccc(NC(=O)NC(=O)COC(=O)Cc2ccccc2[N+](=O)[O-])cc1C. The number of para-hydroxylation sites is 1. The predicted octanol–water partition coefficient (Wildman–Crippen LogP) is 2.65. The Bertz CT molecular complexity index is 926. The Labute approximate surface area is 160 Å². The number of imide groups is 1. The van der Waals surface area contributed by atoms with Crippen molar-refractivity contribution in [2.45, 2.75) is 20.3 Å². The lowest BCUT2D eigenvalue weighted by molar-refractivity contribution is -0.385. The van der Waals surface area contributed by atoms with Crippen LogP contribution in [0.3, 0.4) is 0 Å². The maximum atomic E-state index is 11.8. The average molecular weight is 385 g/mol. The van der Waals surface area contributed by atoms with Crippen LogP contribution in [0.15, 0.2) is 42.5 Å². The van der Waals surface area contributed by atoms with Gasteiger partial charge in [-0.15, -0.1) is 0 Å². The summed E-state index contributed by atoms with van der Waals surface area (Å²) in [7, 11) is 0. The molecule has 0 aromatic heterocycles. The molecule has 0 heterocycles. The largest absolute Gasteiger partial charge is 0.455 e. The van der Waals surface area contributed by atoms with Crippen LogP contribution >= 0.6 is 0 Å². The number of carbonyl (C=O) groups is 3. The molecule has 0 saturated heterocycles. The van der Waals surface area contributed by atoms with Crippen molar-refractivity contribution in [1.29, 1.82) is 0 Å². The molecular weight excluding hydrogens is 366 g/mol. The van der Waals surface area contributed by atoms with Gasteiger partial charge in [0.25, 0.3) is 11.6 Å². The number of esters is 1. The van der Waals surface area contributed by atoms with Crippen LogP contribution in [0.25, 0.3) is 0 Å². The van der Waals surface area contributed by atoms with Crippen LogP contribution in [0.5, 0.6) is 0 Å². The number of ether oxygens (including phenoxy) is 1. The molecule has 2 aromatic rings. The molecule has 0 aliphatic carbocycles. The number of carbonyl (C=O) groups excluding carboxylic acids is 3. The molecule has 2 rings (SSSR count). The summed E-state index contributed by atoms with van der Waals surface area (Å²) in [6.45, 7) is 3.14. The van der Waals surface area contributed by atoms with Crippen LogP contribution in [0.1, 0.15) is 16.7 Å². The summed E-state index contributed by atoms with van der Waals surface area (Å²) in [6, 6.07) is 10.3. The maximum Gasteiger partial charge on any atom is 0.325 e. The molecule has 2 N–H and O–H groups in total. The summed E-state index contributed by atoms with van der Waals surface area (Å²) in [5.74, 6) is -1.64. The zero-order valence-electron chi connectivity index (χ0n) is 15.4. The molecule has 9 heteroatoms. The van der Waals surface area contributed by atoms with E-state index in [9.17, 15) is 24.5 Å². The molecule has 2 aromatic carbocycles. The quantitative estimate of drug-likeness (QED) is 0.447. The van der Waals surface area contributed by atoms with Crippen LogP contribution in [0.4, 0.5) is 16.2 Å². The van der Waals surface area contributed by atoms with Crippen molar-refractivity contribution in [3.8, 4) is 0 Å². The second-order valence-corrected chi connectivity index (χ2v) is 6.02. The average Bonchev–Trinajstić information content (AvgIpc) is 2.63. The van der Waals surface area contributed by atoms with Crippen LogP contribution in [0, 0.1) is 24.0 Å². The number of hydrogen-bond donors (Lipinski definition) is 2. The standard InChI is InChI=1S/C19H19N3O6/c1-12-7-8-15(9-13(12)2)20-19(25)21-17(23)11-28-18(24)10-14-5-3-4-6-16(14)22(26)27/h3-9H,10-11H2,1-2H3,(H2,20,21,23,25). The summed E-state index contributed by atoms with van der Waals surface area (Å²) < 4.78 is 4.77. The van der Waals surface area contributed by atoms with Crippen molar-refractivity contribution >= 4 is 29.3 Å². The molecule has 0 unspecified atom stereocenters. The highest BCUT2D eigenvalue weighted by Crippen LogP contribution is 2.18. The minimum atomic E-state index is -0.822. The molecule has 3 amide bonds. The molecule has 0 bridgehead atoms. The molecular formula is C19H19N3O6. The first-order valence-corrected chi connectivity index (χ1v) is 8.32. The lowest BCUT2D eigenvalue weighted by atomic mass is 10.1. The van der Waals surface area contributed by atoms with Gasteiger partial charge in [0.15, 0.2) is 6.61 Å². The number of rotatable bonds is 6. The van der Waals surface area contributed by atoms with Gasteiger partial charge in [-0.1, -0.05) is 24.3 Å². The van der Waals surface area contributed by atoms with Crippen LogP contribution in [0.2, 0.25) is 0 Å². The van der Waals surface area contributed by atoms with Crippen molar-refractivity contribution in [1.82, 2.24) is 5.32 Å². The zero-order chi connectivity index (χ0) is 20.7. The predicted molar refractivity (Wildman–Crippen MR) is 101 cm³/mol. The summed E-state index contributed by atoms with van der Waals surface area (Å²) >= 11 is 0. The van der Waals surface area contributed by atoms with Crippen molar-refractivity contribution in [3.05, 3.63) is 69.3 Å². The first kappa shape index (κ1) is 20.6. The Kier molecular flexibility index (Phi) is 6.80. The highest BCUT2D eigenvalue weighted by Gasteiger charge is 2.17. The molecule has 0 fully saturated rings. The van der Waals surface area contributed by atoms with Gasteiger partial charge in [0, 0.05) is 17.3 Å². The van der Waals surface area contributed by atoms with Gasteiger partial charge in [-0.2, -0.15) is 0 Å². The molecule has 0 spiro atoms. The normalized spacial score (nSPS) is 10.1. The van der Waals surface area contributed by atoms with E-state index in [1.54, 1.807) is 18.2 Å². The Hall–Kier alpha value is -3.75. The van der Waals surface area contributed by atoms with Crippen LogP contribution in [-0.2, 0) is 20.7 Å². The molecule has 0 saturated carbocycles. The zero-order valence-corrected chi connectivity index (χ0v) is 15.4.